The van der Waals surface area contributed by atoms with Gasteiger partial charge in [-0.15, -0.1) is 0 Å². The lowest BCUT2D eigenvalue weighted by Gasteiger charge is -2.39. The summed E-state index contributed by atoms with van der Waals surface area (Å²) in [5, 5.41) is 17.5. The summed E-state index contributed by atoms with van der Waals surface area (Å²) in [6.45, 7) is 7.21. The number of fused-ring (bicyclic) bond motifs is 1. The van der Waals surface area contributed by atoms with Crippen LogP contribution in [-0.4, -0.2) is 59.1 Å². The number of hydrogen-bond donors (Lipinski definition) is 4. The van der Waals surface area contributed by atoms with Crippen LogP contribution in [0.1, 0.15) is 34.1 Å². The van der Waals surface area contributed by atoms with E-state index in [1.54, 1.807) is 38.1 Å². The molecule has 0 saturated carbocycles. The fraction of sp³-hybridized carbons (Fsp3) is 0.545. The van der Waals surface area contributed by atoms with Gasteiger partial charge in [-0.2, -0.15) is 11.8 Å². The number of carboxylic acid groups (broad SMARTS) is 1. The van der Waals surface area contributed by atoms with E-state index in [1.807, 2.05) is 20.1 Å². The number of aliphatic carboxylic acids is 1. The fourth-order valence-corrected chi connectivity index (χ4v) is 4.06. The van der Waals surface area contributed by atoms with Gasteiger partial charge < -0.3 is 21.1 Å². The van der Waals surface area contributed by atoms with E-state index in [4.69, 9.17) is 0 Å². The molecule has 0 spiro atoms. The Morgan fingerprint density at radius 2 is 1.81 bits per heavy atom. The molecule has 0 fully saturated rings. The number of para-hydroxylation sites is 2. The molecule has 3 atom stereocenters. The number of nitrogens with one attached hydrogen (secondary N) is 3. The van der Waals surface area contributed by atoms with Crippen LogP contribution in [0.15, 0.2) is 24.3 Å². The van der Waals surface area contributed by atoms with Gasteiger partial charge in [0.15, 0.2) is 0 Å². The average molecular weight is 465 g/mol. The number of amides is 4. The Kier molecular flexibility index (Phi) is 8.94. The van der Waals surface area contributed by atoms with Gasteiger partial charge in [0.05, 0.1) is 11.4 Å². The van der Waals surface area contributed by atoms with E-state index in [9.17, 15) is 24.3 Å². The van der Waals surface area contributed by atoms with Crippen LogP contribution in [0, 0.1) is 11.8 Å². The number of nitrogens with zero attached hydrogens (tertiary/aromatic N) is 1. The van der Waals surface area contributed by atoms with Gasteiger partial charge in [0, 0.05) is 0 Å². The number of carbonyl (C=O) groups excluding carboxylic acids is 3. The Morgan fingerprint density at radius 3 is 2.38 bits per heavy atom. The maximum Gasteiger partial charge on any atom is 0.326 e. The summed E-state index contributed by atoms with van der Waals surface area (Å²) >= 11 is 1.49. The molecule has 1 heterocycles. The van der Waals surface area contributed by atoms with E-state index in [1.165, 1.54) is 16.7 Å². The Labute approximate surface area is 192 Å². The number of anilines is 2. The van der Waals surface area contributed by atoms with Crippen LogP contribution in [0.5, 0.6) is 0 Å². The summed E-state index contributed by atoms with van der Waals surface area (Å²) in [6.07, 6.45) is 2.13. The second kappa shape index (κ2) is 11.2. The van der Waals surface area contributed by atoms with Gasteiger partial charge in [0.1, 0.15) is 18.1 Å². The summed E-state index contributed by atoms with van der Waals surface area (Å²) in [5.41, 5.74) is 1.05. The smallest absolute Gasteiger partial charge is 0.326 e. The molecule has 0 saturated heterocycles. The van der Waals surface area contributed by atoms with Crippen molar-refractivity contribution in [2.24, 2.45) is 11.8 Å². The summed E-state index contributed by atoms with van der Waals surface area (Å²) in [5.74, 6) is -1.90. The molecule has 0 bridgehead atoms. The number of thioether (sulfide) groups is 1. The van der Waals surface area contributed by atoms with Gasteiger partial charge in [0.25, 0.3) is 0 Å². The largest absolute Gasteiger partial charge is 0.480 e. The highest BCUT2D eigenvalue weighted by atomic mass is 32.2. The van der Waals surface area contributed by atoms with E-state index >= 15 is 0 Å². The summed E-state index contributed by atoms with van der Waals surface area (Å²) in [6, 6.07) is 3.61. The third-order valence-electron chi connectivity index (χ3n) is 5.27. The maximum absolute atomic E-state index is 13.4. The van der Waals surface area contributed by atoms with Crippen molar-refractivity contribution < 1.29 is 24.3 Å². The van der Waals surface area contributed by atoms with Crippen molar-refractivity contribution in [1.82, 2.24) is 10.6 Å². The predicted molar refractivity (Wildman–Crippen MR) is 126 cm³/mol. The molecular formula is C22H32N4O5S. The molecule has 4 amide bonds. The molecule has 0 aromatic heterocycles. The van der Waals surface area contributed by atoms with Gasteiger partial charge in [-0.1, -0.05) is 39.8 Å². The first-order valence-corrected chi connectivity index (χ1v) is 12.0. The van der Waals surface area contributed by atoms with Crippen molar-refractivity contribution in [3.8, 4) is 0 Å². The van der Waals surface area contributed by atoms with Gasteiger partial charge in [-0.25, -0.2) is 9.59 Å². The predicted octanol–water partition coefficient (Wildman–Crippen LogP) is 2.53. The van der Waals surface area contributed by atoms with Crippen LogP contribution in [0.25, 0.3) is 0 Å². The first kappa shape index (κ1) is 25.5. The molecule has 4 N–H and O–H groups in total. The molecule has 9 nitrogen and oxygen atoms in total. The topological polar surface area (TPSA) is 128 Å². The highest BCUT2D eigenvalue weighted by molar-refractivity contribution is 7.98. The highest BCUT2D eigenvalue weighted by Gasteiger charge is 2.40. The first-order valence-electron chi connectivity index (χ1n) is 10.6. The summed E-state index contributed by atoms with van der Waals surface area (Å²) in [4.78, 5) is 51.9. The van der Waals surface area contributed by atoms with E-state index in [0.29, 0.717) is 17.1 Å². The minimum atomic E-state index is -1.12. The molecule has 176 valence electrons. The number of hydrogen-bond acceptors (Lipinski definition) is 5. The van der Waals surface area contributed by atoms with Crippen molar-refractivity contribution in [2.75, 3.05) is 22.2 Å². The lowest BCUT2D eigenvalue weighted by atomic mass is 9.97. The van der Waals surface area contributed by atoms with Gasteiger partial charge >= 0.3 is 12.0 Å². The lowest BCUT2D eigenvalue weighted by Crippen LogP contribution is -2.61. The van der Waals surface area contributed by atoms with Gasteiger partial charge in [0.2, 0.25) is 11.8 Å². The van der Waals surface area contributed by atoms with Crippen LogP contribution in [0.2, 0.25) is 0 Å². The zero-order chi connectivity index (χ0) is 24.0. The number of benzene rings is 1. The number of carboxylic acids is 1. The molecule has 1 aliphatic rings. The second-order valence-electron chi connectivity index (χ2n) is 8.42. The molecule has 32 heavy (non-hydrogen) atoms. The molecule has 1 aliphatic heterocycles. The molecular weight excluding hydrogens is 432 g/mol. The van der Waals surface area contributed by atoms with Crippen molar-refractivity contribution >= 4 is 47.0 Å². The first-order chi connectivity index (χ1) is 15.1. The SMILES string of the molecule is CSCC[C@H](NC(=O)[C@H](NC(=O)N1c2ccccc2NC(=O)[C@@H]1C(C)C)C(C)C)C(=O)O. The summed E-state index contributed by atoms with van der Waals surface area (Å²) < 4.78 is 0. The van der Waals surface area contributed by atoms with Crippen LogP contribution in [0.3, 0.4) is 0 Å². The van der Waals surface area contributed by atoms with Crippen molar-refractivity contribution in [3.63, 3.8) is 0 Å². The highest BCUT2D eigenvalue weighted by Crippen LogP contribution is 2.34. The monoisotopic (exact) mass is 464 g/mol. The lowest BCUT2D eigenvalue weighted by molar-refractivity contribution is -0.142. The van der Waals surface area contributed by atoms with Gasteiger partial charge in [-0.05, 0) is 42.4 Å². The zero-order valence-corrected chi connectivity index (χ0v) is 19.9. The Morgan fingerprint density at radius 1 is 1.16 bits per heavy atom. The number of carbonyl (C=O) groups is 4. The van der Waals surface area contributed by atoms with Crippen LogP contribution in [0.4, 0.5) is 16.2 Å². The van der Waals surface area contributed by atoms with Crippen molar-refractivity contribution in [2.45, 2.75) is 52.2 Å². The molecule has 0 radical (unpaired) electrons. The van der Waals surface area contributed by atoms with Crippen LogP contribution >= 0.6 is 11.8 Å². The second-order valence-corrected chi connectivity index (χ2v) is 9.40. The van der Waals surface area contributed by atoms with E-state index in [0.717, 1.165) is 0 Å². The Balaban J connectivity index is 2.28. The van der Waals surface area contributed by atoms with E-state index in [-0.39, 0.29) is 24.2 Å². The molecule has 0 unspecified atom stereocenters. The van der Waals surface area contributed by atoms with E-state index in [2.05, 4.69) is 16.0 Å². The van der Waals surface area contributed by atoms with Crippen LogP contribution in [-0.2, 0) is 14.4 Å². The maximum atomic E-state index is 13.4. The van der Waals surface area contributed by atoms with Crippen molar-refractivity contribution in [3.05, 3.63) is 24.3 Å². The van der Waals surface area contributed by atoms with Crippen molar-refractivity contribution in [1.29, 1.82) is 0 Å². The number of urea groups is 1. The van der Waals surface area contributed by atoms with Gasteiger partial charge in [-0.3, -0.25) is 14.5 Å². The average Bonchev–Trinajstić information content (AvgIpc) is 2.72. The minimum Gasteiger partial charge on any atom is -0.480 e. The van der Waals surface area contributed by atoms with E-state index < -0.39 is 36.0 Å². The Bertz CT molecular complexity index is 860. The normalized spacial score (nSPS) is 17.4. The molecule has 1 aromatic rings. The molecule has 1 aromatic carbocycles. The molecule has 0 aliphatic carbocycles. The molecule has 2 rings (SSSR count). The fourth-order valence-electron chi connectivity index (χ4n) is 3.59. The minimum absolute atomic E-state index is 0.177. The quantitative estimate of drug-likeness (QED) is 0.445. The zero-order valence-electron chi connectivity index (χ0n) is 19.0. The third-order valence-corrected chi connectivity index (χ3v) is 5.92. The summed E-state index contributed by atoms with van der Waals surface area (Å²) in [7, 11) is 0. The molecule has 10 heteroatoms. The Hall–Kier alpha value is -2.75. The standard InChI is InChI=1S/C22H32N4O5S/c1-12(2)17(19(27)24-15(21(29)30)10-11-32-5)25-22(31)26-16-9-7-6-8-14(16)23-20(28)18(26)13(3)4/h6-9,12-13,15,17-18H,10-11H2,1-5H3,(H,23,28)(H,24,27)(H,25,31)(H,29,30)/t15-,17+,18-/m0/s1. The van der Waals surface area contributed by atoms with Crippen LogP contribution < -0.4 is 20.9 Å². The number of rotatable bonds is 9. The third kappa shape index (κ3) is 5.93.